The number of nitrogens with one attached hydrogen (secondary N) is 1. The number of amidine groups is 1. The number of nitrogens with zero attached hydrogens (tertiary/aromatic N) is 1. The van der Waals surface area contributed by atoms with E-state index in [4.69, 9.17) is 4.74 Å². The minimum Gasteiger partial charge on any atom is -0.381 e. The number of carbonyl (C=O) groups is 1. The Morgan fingerprint density at radius 2 is 2.05 bits per heavy atom. The van der Waals surface area contributed by atoms with Crippen LogP contribution in [0, 0.1) is 11.8 Å². The molecule has 0 bridgehead atoms. The quantitative estimate of drug-likeness (QED) is 0.808. The van der Waals surface area contributed by atoms with Crippen LogP contribution in [0.5, 0.6) is 0 Å². The lowest BCUT2D eigenvalue weighted by molar-refractivity contribution is -0.122. The number of thioether (sulfide) groups is 1. The molecule has 2 heterocycles. The van der Waals surface area contributed by atoms with E-state index >= 15 is 0 Å². The summed E-state index contributed by atoms with van der Waals surface area (Å²) < 4.78 is 5.05. The van der Waals surface area contributed by atoms with Gasteiger partial charge in [0.15, 0.2) is 5.17 Å². The van der Waals surface area contributed by atoms with Gasteiger partial charge in [-0.3, -0.25) is 4.79 Å². The third kappa shape index (κ3) is 2.75. The number of aliphatic imine (C=N–C) groups is 1. The Labute approximate surface area is 125 Å². The lowest BCUT2D eigenvalue weighted by atomic mass is 9.80. The average Bonchev–Trinajstić information content (AvgIpc) is 2.71. The Kier molecular flexibility index (Phi) is 4.09. The molecule has 0 aromatic rings. The van der Waals surface area contributed by atoms with Gasteiger partial charge in [0.25, 0.3) is 5.91 Å². The van der Waals surface area contributed by atoms with E-state index in [1.54, 1.807) is 11.8 Å². The molecule has 1 N–H and O–H groups in total. The first-order valence-electron chi connectivity index (χ1n) is 7.75. The molecule has 1 saturated heterocycles. The summed E-state index contributed by atoms with van der Waals surface area (Å²) in [5.41, 5.74) is 0. The zero-order valence-corrected chi connectivity index (χ0v) is 13.2. The van der Waals surface area contributed by atoms with E-state index in [9.17, 15) is 4.79 Å². The molecule has 5 heteroatoms. The van der Waals surface area contributed by atoms with Crippen molar-refractivity contribution in [2.75, 3.05) is 13.2 Å². The smallest absolute Gasteiger partial charge is 0.264 e. The normalized spacial score (nSPS) is 37.0. The average molecular weight is 296 g/mol. The molecule has 20 heavy (non-hydrogen) atoms. The van der Waals surface area contributed by atoms with Crippen molar-refractivity contribution in [3.63, 3.8) is 0 Å². The lowest BCUT2D eigenvalue weighted by Crippen LogP contribution is -2.42. The molecule has 112 valence electrons. The molecule has 1 amide bonds. The molecular weight excluding hydrogens is 272 g/mol. The second-order valence-corrected chi connectivity index (χ2v) is 7.95. The molecule has 0 aromatic carbocycles. The van der Waals surface area contributed by atoms with Crippen LogP contribution in [-0.4, -0.2) is 35.1 Å². The minimum atomic E-state index is -0.329. The van der Waals surface area contributed by atoms with Crippen LogP contribution in [0.15, 0.2) is 4.99 Å². The summed E-state index contributed by atoms with van der Waals surface area (Å²) in [6.07, 6.45) is 5.36. The first-order chi connectivity index (χ1) is 9.59. The van der Waals surface area contributed by atoms with Crippen molar-refractivity contribution < 1.29 is 9.53 Å². The van der Waals surface area contributed by atoms with Crippen molar-refractivity contribution in [3.05, 3.63) is 0 Å². The second kappa shape index (κ2) is 5.68. The molecule has 0 radical (unpaired) electrons. The van der Waals surface area contributed by atoms with Gasteiger partial charge in [0, 0.05) is 19.3 Å². The van der Waals surface area contributed by atoms with E-state index in [-0.39, 0.29) is 10.7 Å². The van der Waals surface area contributed by atoms with Crippen LogP contribution in [0.2, 0.25) is 0 Å². The summed E-state index contributed by atoms with van der Waals surface area (Å²) in [5, 5.41) is 4.40. The SMILES string of the molecule is C[C@H]1CC[C@@H](C)C(NC2=NC(=O)C3(CCOCC3)S2)C1. The summed E-state index contributed by atoms with van der Waals surface area (Å²) in [5.74, 6) is 1.48. The summed E-state index contributed by atoms with van der Waals surface area (Å²) in [7, 11) is 0. The Morgan fingerprint density at radius 3 is 2.80 bits per heavy atom. The summed E-state index contributed by atoms with van der Waals surface area (Å²) >= 11 is 1.65. The topological polar surface area (TPSA) is 50.7 Å². The first-order valence-corrected chi connectivity index (χ1v) is 8.57. The minimum absolute atomic E-state index is 0.0461. The van der Waals surface area contributed by atoms with E-state index < -0.39 is 0 Å². The number of ether oxygens (including phenoxy) is 1. The van der Waals surface area contributed by atoms with Gasteiger partial charge in [0.05, 0.1) is 0 Å². The van der Waals surface area contributed by atoms with Crippen LogP contribution in [0.1, 0.15) is 46.0 Å². The van der Waals surface area contributed by atoms with E-state index in [2.05, 4.69) is 24.2 Å². The molecule has 1 saturated carbocycles. The van der Waals surface area contributed by atoms with E-state index in [0.29, 0.717) is 25.2 Å². The Morgan fingerprint density at radius 1 is 1.30 bits per heavy atom. The van der Waals surface area contributed by atoms with Gasteiger partial charge in [-0.25, -0.2) is 0 Å². The van der Waals surface area contributed by atoms with E-state index in [1.165, 1.54) is 19.3 Å². The Bertz CT molecular complexity index is 418. The summed E-state index contributed by atoms with van der Waals surface area (Å²) in [4.78, 5) is 16.5. The highest BCUT2D eigenvalue weighted by molar-refractivity contribution is 8.16. The third-order valence-corrected chi connectivity index (χ3v) is 6.33. The molecule has 1 unspecified atom stereocenters. The molecule has 1 aliphatic carbocycles. The molecular formula is C15H24N2O2S. The summed E-state index contributed by atoms with van der Waals surface area (Å²) in [6, 6.07) is 0.466. The largest absolute Gasteiger partial charge is 0.381 e. The highest BCUT2D eigenvalue weighted by Crippen LogP contribution is 2.42. The number of carbonyl (C=O) groups excluding carboxylic acids is 1. The molecule has 2 aliphatic heterocycles. The highest BCUT2D eigenvalue weighted by atomic mass is 32.2. The maximum atomic E-state index is 12.2. The van der Waals surface area contributed by atoms with Crippen LogP contribution in [0.3, 0.4) is 0 Å². The van der Waals surface area contributed by atoms with Crippen molar-refractivity contribution in [3.8, 4) is 0 Å². The van der Waals surface area contributed by atoms with Gasteiger partial charge in [-0.05, 0) is 37.5 Å². The first kappa shape index (κ1) is 14.4. The maximum absolute atomic E-state index is 12.2. The van der Waals surface area contributed by atoms with Gasteiger partial charge in [-0.15, -0.1) is 0 Å². The monoisotopic (exact) mass is 296 g/mol. The number of amides is 1. The van der Waals surface area contributed by atoms with Gasteiger partial charge < -0.3 is 10.1 Å². The Balaban J connectivity index is 1.64. The van der Waals surface area contributed by atoms with Crippen LogP contribution in [-0.2, 0) is 9.53 Å². The maximum Gasteiger partial charge on any atom is 0.264 e. The van der Waals surface area contributed by atoms with Gasteiger partial charge >= 0.3 is 0 Å². The predicted molar refractivity (Wildman–Crippen MR) is 81.9 cm³/mol. The molecule has 4 nitrogen and oxygen atoms in total. The lowest BCUT2D eigenvalue weighted by Gasteiger charge is -2.34. The van der Waals surface area contributed by atoms with Gasteiger partial charge in [-0.1, -0.05) is 32.0 Å². The van der Waals surface area contributed by atoms with Crippen molar-refractivity contribution in [1.82, 2.24) is 5.32 Å². The molecule has 3 aliphatic rings. The van der Waals surface area contributed by atoms with Gasteiger partial charge in [-0.2, -0.15) is 4.99 Å². The van der Waals surface area contributed by atoms with E-state index in [1.807, 2.05) is 0 Å². The molecule has 3 rings (SSSR count). The van der Waals surface area contributed by atoms with Crippen LogP contribution in [0.25, 0.3) is 0 Å². The van der Waals surface area contributed by atoms with Crippen molar-refractivity contribution in [2.45, 2.75) is 56.7 Å². The highest BCUT2D eigenvalue weighted by Gasteiger charge is 2.47. The fraction of sp³-hybridized carbons (Fsp3) is 0.867. The molecule has 0 aromatic heterocycles. The molecule has 3 atom stereocenters. The molecule has 2 fully saturated rings. The van der Waals surface area contributed by atoms with Gasteiger partial charge in [0.1, 0.15) is 4.75 Å². The van der Waals surface area contributed by atoms with Crippen molar-refractivity contribution >= 4 is 22.8 Å². The van der Waals surface area contributed by atoms with E-state index in [0.717, 1.165) is 23.9 Å². The number of hydrogen-bond donors (Lipinski definition) is 1. The number of hydrogen-bond acceptors (Lipinski definition) is 4. The fourth-order valence-electron chi connectivity index (χ4n) is 3.42. The second-order valence-electron chi connectivity index (χ2n) is 6.58. The molecule has 1 spiro atoms. The zero-order valence-electron chi connectivity index (χ0n) is 12.4. The zero-order chi connectivity index (χ0) is 14.2. The van der Waals surface area contributed by atoms with Crippen molar-refractivity contribution in [1.29, 1.82) is 0 Å². The van der Waals surface area contributed by atoms with Crippen LogP contribution in [0.4, 0.5) is 0 Å². The summed E-state index contributed by atoms with van der Waals surface area (Å²) in [6.45, 7) is 5.97. The number of rotatable bonds is 1. The third-order valence-electron chi connectivity index (χ3n) is 4.95. The van der Waals surface area contributed by atoms with Gasteiger partial charge in [0.2, 0.25) is 0 Å². The fourth-order valence-corrected chi connectivity index (χ4v) is 4.63. The van der Waals surface area contributed by atoms with Crippen molar-refractivity contribution in [2.24, 2.45) is 16.8 Å². The van der Waals surface area contributed by atoms with Crippen LogP contribution >= 0.6 is 11.8 Å². The Hall–Kier alpha value is -0.550. The predicted octanol–water partition coefficient (Wildman–Crippen LogP) is 2.58. The van der Waals surface area contributed by atoms with Crippen LogP contribution < -0.4 is 5.32 Å². The standard InChI is InChI=1S/C15H24N2O2S/c1-10-3-4-11(2)12(9-10)16-14-17-13(18)15(20-14)5-7-19-8-6-15/h10-12H,3-9H2,1-2H3,(H,16,17,18)/t10-,11+,12?/m0/s1.